The zero-order valence-corrected chi connectivity index (χ0v) is 14.2. The van der Waals surface area contributed by atoms with Gasteiger partial charge in [-0.3, -0.25) is 0 Å². The monoisotopic (exact) mass is 287 g/mol. The Labute approximate surface area is 126 Å². The van der Waals surface area contributed by atoms with Crippen LogP contribution in [-0.4, -0.2) is 37.0 Å². The Bertz CT molecular complexity index is 197. The molecule has 122 valence electrons. The minimum Gasteiger partial charge on any atom is -0.389 e. The van der Waals surface area contributed by atoms with E-state index in [2.05, 4.69) is 33.0 Å². The van der Waals surface area contributed by atoms with Gasteiger partial charge in [0.05, 0.1) is 12.7 Å². The highest BCUT2D eigenvalue weighted by Crippen LogP contribution is 2.05. The van der Waals surface area contributed by atoms with E-state index in [1.54, 1.807) is 0 Å². The van der Waals surface area contributed by atoms with Crippen LogP contribution in [0.25, 0.3) is 0 Å². The Morgan fingerprint density at radius 2 is 1.65 bits per heavy atom. The van der Waals surface area contributed by atoms with Crippen LogP contribution >= 0.6 is 0 Å². The predicted octanol–water partition coefficient (Wildman–Crippen LogP) is 3.75. The first-order chi connectivity index (χ1) is 9.56. The van der Waals surface area contributed by atoms with Crippen molar-refractivity contribution in [3.05, 3.63) is 0 Å². The van der Waals surface area contributed by atoms with Gasteiger partial charge in [-0.2, -0.15) is 0 Å². The summed E-state index contributed by atoms with van der Waals surface area (Å²) in [6.45, 7) is 10.7. The Hall–Kier alpha value is -0.120. The van der Waals surface area contributed by atoms with E-state index in [4.69, 9.17) is 4.74 Å². The van der Waals surface area contributed by atoms with Crippen LogP contribution in [0.5, 0.6) is 0 Å². The van der Waals surface area contributed by atoms with Gasteiger partial charge in [-0.1, -0.05) is 52.9 Å². The number of nitrogens with one attached hydrogen (secondary N) is 1. The van der Waals surface area contributed by atoms with Crippen molar-refractivity contribution >= 4 is 0 Å². The zero-order chi connectivity index (χ0) is 15.2. The molecular formula is C17H37NO2. The lowest BCUT2D eigenvalue weighted by atomic mass is 10.1. The van der Waals surface area contributed by atoms with Gasteiger partial charge in [0.2, 0.25) is 0 Å². The molecule has 0 spiro atoms. The molecule has 0 aromatic carbocycles. The SMILES string of the molecule is CCCCCCCCOCC(O)CNC(C)CC(C)C. The summed E-state index contributed by atoms with van der Waals surface area (Å²) in [4.78, 5) is 0. The smallest absolute Gasteiger partial charge is 0.0897 e. The van der Waals surface area contributed by atoms with Crippen molar-refractivity contribution in [2.45, 2.75) is 84.8 Å². The van der Waals surface area contributed by atoms with E-state index < -0.39 is 0 Å². The molecular weight excluding hydrogens is 250 g/mol. The maximum absolute atomic E-state index is 9.82. The molecule has 2 atom stereocenters. The molecule has 0 amide bonds. The second-order valence-electron chi connectivity index (χ2n) is 6.44. The fourth-order valence-corrected chi connectivity index (χ4v) is 2.39. The average molecular weight is 287 g/mol. The summed E-state index contributed by atoms with van der Waals surface area (Å²) in [6.07, 6.45) is 8.43. The van der Waals surface area contributed by atoms with E-state index in [-0.39, 0.29) is 6.10 Å². The van der Waals surface area contributed by atoms with E-state index >= 15 is 0 Å². The fourth-order valence-electron chi connectivity index (χ4n) is 2.39. The molecule has 0 fully saturated rings. The third kappa shape index (κ3) is 14.3. The van der Waals surface area contributed by atoms with Crippen LogP contribution in [0.3, 0.4) is 0 Å². The van der Waals surface area contributed by atoms with E-state index in [9.17, 15) is 5.11 Å². The lowest BCUT2D eigenvalue weighted by Gasteiger charge is -2.18. The maximum atomic E-state index is 9.82. The topological polar surface area (TPSA) is 41.5 Å². The van der Waals surface area contributed by atoms with Crippen LogP contribution in [0, 0.1) is 5.92 Å². The minimum atomic E-state index is -0.385. The van der Waals surface area contributed by atoms with Gasteiger partial charge in [0.15, 0.2) is 0 Å². The number of rotatable bonds is 14. The molecule has 3 heteroatoms. The Balaban J connectivity index is 3.30. The number of ether oxygens (including phenoxy) is 1. The van der Waals surface area contributed by atoms with Crippen LogP contribution < -0.4 is 5.32 Å². The first-order valence-corrected chi connectivity index (χ1v) is 8.55. The second-order valence-corrected chi connectivity index (χ2v) is 6.44. The van der Waals surface area contributed by atoms with Gasteiger partial charge in [0, 0.05) is 19.2 Å². The first-order valence-electron chi connectivity index (χ1n) is 8.55. The van der Waals surface area contributed by atoms with E-state index in [0.29, 0.717) is 25.1 Å². The third-order valence-corrected chi connectivity index (χ3v) is 3.48. The van der Waals surface area contributed by atoms with Crippen LogP contribution in [0.1, 0.15) is 72.6 Å². The van der Waals surface area contributed by atoms with Crippen LogP contribution in [-0.2, 0) is 4.74 Å². The Morgan fingerprint density at radius 1 is 1.00 bits per heavy atom. The number of unbranched alkanes of at least 4 members (excludes halogenated alkanes) is 5. The van der Waals surface area contributed by atoms with Gasteiger partial charge in [0.25, 0.3) is 0 Å². The number of aliphatic hydroxyl groups excluding tert-OH is 1. The molecule has 2 N–H and O–H groups in total. The third-order valence-electron chi connectivity index (χ3n) is 3.48. The van der Waals surface area contributed by atoms with Crippen molar-refractivity contribution in [3.63, 3.8) is 0 Å². The second kappa shape index (κ2) is 13.8. The molecule has 20 heavy (non-hydrogen) atoms. The number of hydrogen-bond donors (Lipinski definition) is 2. The summed E-state index contributed by atoms with van der Waals surface area (Å²) in [7, 11) is 0. The molecule has 0 aliphatic carbocycles. The van der Waals surface area contributed by atoms with Crippen LogP contribution in [0.4, 0.5) is 0 Å². The molecule has 0 heterocycles. The highest BCUT2D eigenvalue weighted by atomic mass is 16.5. The van der Waals surface area contributed by atoms with Crippen molar-refractivity contribution < 1.29 is 9.84 Å². The largest absolute Gasteiger partial charge is 0.389 e. The maximum Gasteiger partial charge on any atom is 0.0897 e. The average Bonchev–Trinajstić information content (AvgIpc) is 2.38. The Kier molecular flexibility index (Phi) is 13.8. The fraction of sp³-hybridized carbons (Fsp3) is 1.00. The molecule has 0 aromatic rings. The molecule has 0 saturated heterocycles. The molecule has 0 rings (SSSR count). The van der Waals surface area contributed by atoms with Gasteiger partial charge in [-0.15, -0.1) is 0 Å². The molecule has 0 radical (unpaired) electrons. The van der Waals surface area contributed by atoms with E-state index in [1.165, 1.54) is 32.1 Å². The lowest BCUT2D eigenvalue weighted by Crippen LogP contribution is -2.36. The van der Waals surface area contributed by atoms with Gasteiger partial charge in [-0.05, 0) is 25.7 Å². The van der Waals surface area contributed by atoms with E-state index in [1.807, 2.05) is 0 Å². The molecule has 0 aliphatic heterocycles. The highest BCUT2D eigenvalue weighted by Gasteiger charge is 2.08. The van der Waals surface area contributed by atoms with Crippen molar-refractivity contribution in [1.29, 1.82) is 0 Å². The molecule has 2 unspecified atom stereocenters. The minimum absolute atomic E-state index is 0.385. The Morgan fingerprint density at radius 3 is 2.30 bits per heavy atom. The normalized spacial score (nSPS) is 14.7. The summed E-state index contributed by atoms with van der Waals surface area (Å²) >= 11 is 0. The summed E-state index contributed by atoms with van der Waals surface area (Å²) in [5.41, 5.74) is 0. The number of aliphatic hydroxyl groups is 1. The number of hydrogen-bond acceptors (Lipinski definition) is 3. The zero-order valence-electron chi connectivity index (χ0n) is 14.2. The molecule has 0 aromatic heterocycles. The van der Waals surface area contributed by atoms with Gasteiger partial charge in [-0.25, -0.2) is 0 Å². The van der Waals surface area contributed by atoms with Crippen LogP contribution in [0.15, 0.2) is 0 Å². The van der Waals surface area contributed by atoms with Crippen molar-refractivity contribution in [3.8, 4) is 0 Å². The molecule has 0 saturated carbocycles. The highest BCUT2D eigenvalue weighted by molar-refractivity contribution is 4.66. The lowest BCUT2D eigenvalue weighted by molar-refractivity contribution is 0.0340. The van der Waals surface area contributed by atoms with E-state index in [0.717, 1.165) is 19.4 Å². The summed E-state index contributed by atoms with van der Waals surface area (Å²) < 4.78 is 5.53. The predicted molar refractivity (Wildman–Crippen MR) is 87.1 cm³/mol. The molecule has 3 nitrogen and oxygen atoms in total. The summed E-state index contributed by atoms with van der Waals surface area (Å²) in [6, 6.07) is 0.461. The van der Waals surface area contributed by atoms with Crippen molar-refractivity contribution in [2.24, 2.45) is 5.92 Å². The van der Waals surface area contributed by atoms with Gasteiger partial charge in [0.1, 0.15) is 0 Å². The van der Waals surface area contributed by atoms with Crippen molar-refractivity contribution in [1.82, 2.24) is 5.32 Å². The van der Waals surface area contributed by atoms with Crippen molar-refractivity contribution in [2.75, 3.05) is 19.8 Å². The molecule has 0 aliphatic rings. The molecule has 0 bridgehead atoms. The van der Waals surface area contributed by atoms with Gasteiger partial charge >= 0.3 is 0 Å². The quantitative estimate of drug-likeness (QED) is 0.478. The summed E-state index contributed by atoms with van der Waals surface area (Å²) in [5.74, 6) is 0.693. The summed E-state index contributed by atoms with van der Waals surface area (Å²) in [5, 5.41) is 13.2. The van der Waals surface area contributed by atoms with Gasteiger partial charge < -0.3 is 15.2 Å². The first kappa shape index (κ1) is 19.9. The standard InChI is InChI=1S/C17H37NO2/c1-5-6-7-8-9-10-11-20-14-17(19)13-18-16(4)12-15(2)3/h15-19H,5-14H2,1-4H3. The van der Waals surface area contributed by atoms with Crippen LogP contribution in [0.2, 0.25) is 0 Å².